The molecule has 132 valence electrons. The molecule has 2 aromatic rings. The Morgan fingerprint density at radius 3 is 2.54 bits per heavy atom. The summed E-state index contributed by atoms with van der Waals surface area (Å²) >= 11 is 7.33. The van der Waals surface area contributed by atoms with E-state index in [0.717, 1.165) is 23.4 Å². The molecule has 0 aliphatic heterocycles. The zero-order chi connectivity index (χ0) is 15.7. The summed E-state index contributed by atoms with van der Waals surface area (Å²) in [5.74, 6) is 0.326. The first-order chi connectivity index (χ1) is 10.5. The van der Waals surface area contributed by atoms with Gasteiger partial charge in [-0.1, -0.05) is 23.7 Å². The minimum Gasteiger partial charge on any atom is -0.344 e. The van der Waals surface area contributed by atoms with Crippen LogP contribution in [0.5, 0.6) is 0 Å². The van der Waals surface area contributed by atoms with Crippen molar-refractivity contribution in [1.82, 2.24) is 10.3 Å². The van der Waals surface area contributed by atoms with Gasteiger partial charge in [0.2, 0.25) is 0 Å². The number of hydrogen-bond acceptors (Lipinski definition) is 4. The van der Waals surface area contributed by atoms with Gasteiger partial charge in [-0.25, -0.2) is 4.98 Å². The van der Waals surface area contributed by atoms with E-state index in [1.54, 1.807) is 5.38 Å². The van der Waals surface area contributed by atoms with Gasteiger partial charge in [0.1, 0.15) is 10.7 Å². The smallest absolute Gasteiger partial charge is 0.271 e. The van der Waals surface area contributed by atoms with Crippen molar-refractivity contribution >= 4 is 53.7 Å². The second kappa shape index (κ2) is 8.50. The minimum absolute atomic E-state index is 0. The summed E-state index contributed by atoms with van der Waals surface area (Å²) in [6, 6.07) is 7.43. The molecule has 1 unspecified atom stereocenters. The quantitative estimate of drug-likeness (QED) is 0.780. The molecular weight excluding hydrogens is 389 g/mol. The Hall–Kier alpha value is -0.850. The Morgan fingerprint density at radius 2 is 2.00 bits per heavy atom. The van der Waals surface area contributed by atoms with E-state index in [2.05, 4.69) is 10.3 Å². The van der Waals surface area contributed by atoms with Gasteiger partial charge in [0.25, 0.3) is 5.91 Å². The van der Waals surface area contributed by atoms with Crippen LogP contribution in [0.2, 0.25) is 5.02 Å². The van der Waals surface area contributed by atoms with Gasteiger partial charge in [0.15, 0.2) is 0 Å². The van der Waals surface area contributed by atoms with Crippen molar-refractivity contribution in [2.24, 2.45) is 11.7 Å². The average molecular weight is 409 g/mol. The van der Waals surface area contributed by atoms with Gasteiger partial charge in [-0.15, -0.1) is 36.2 Å². The molecule has 1 fully saturated rings. The van der Waals surface area contributed by atoms with Crippen molar-refractivity contribution in [2.45, 2.75) is 25.3 Å². The Morgan fingerprint density at radius 1 is 1.38 bits per heavy atom. The molecule has 0 bridgehead atoms. The van der Waals surface area contributed by atoms with Crippen molar-refractivity contribution in [2.75, 3.05) is 6.54 Å². The number of halogens is 3. The van der Waals surface area contributed by atoms with E-state index in [0.29, 0.717) is 23.2 Å². The molecule has 1 aliphatic rings. The SMILES string of the molecule is CC(CN)(NC(=O)c1csc(-c2ccc(Cl)cc2)n1)C1CC1.Cl.Cl. The van der Waals surface area contributed by atoms with Gasteiger partial charge in [-0.3, -0.25) is 4.79 Å². The second-order valence-corrected chi connectivity index (χ2v) is 7.19. The van der Waals surface area contributed by atoms with E-state index in [1.807, 2.05) is 31.2 Å². The number of benzene rings is 1. The van der Waals surface area contributed by atoms with Gasteiger partial charge in [-0.2, -0.15) is 0 Å². The summed E-state index contributed by atoms with van der Waals surface area (Å²) in [7, 11) is 0. The van der Waals surface area contributed by atoms with Crippen LogP contribution < -0.4 is 11.1 Å². The number of nitrogens with one attached hydrogen (secondary N) is 1. The predicted octanol–water partition coefficient (Wildman–Crippen LogP) is 4.16. The van der Waals surface area contributed by atoms with E-state index in [1.165, 1.54) is 11.3 Å². The minimum atomic E-state index is -0.332. The highest BCUT2D eigenvalue weighted by Crippen LogP contribution is 2.39. The monoisotopic (exact) mass is 407 g/mol. The molecule has 0 saturated heterocycles. The highest BCUT2D eigenvalue weighted by Gasteiger charge is 2.41. The molecule has 4 nitrogen and oxygen atoms in total. The lowest BCUT2D eigenvalue weighted by atomic mass is 9.96. The van der Waals surface area contributed by atoms with Gasteiger partial charge in [0, 0.05) is 22.5 Å². The summed E-state index contributed by atoms with van der Waals surface area (Å²) in [6.07, 6.45) is 2.25. The Labute approximate surface area is 163 Å². The maximum atomic E-state index is 12.4. The summed E-state index contributed by atoms with van der Waals surface area (Å²) < 4.78 is 0. The lowest BCUT2D eigenvalue weighted by molar-refractivity contribution is 0.0893. The number of thiazole rings is 1. The fraction of sp³-hybridized carbons (Fsp3) is 0.375. The molecular formula is C16H20Cl3N3OS. The van der Waals surface area contributed by atoms with Crippen molar-refractivity contribution in [1.29, 1.82) is 0 Å². The summed E-state index contributed by atoms with van der Waals surface area (Å²) in [6.45, 7) is 2.45. The molecule has 1 saturated carbocycles. The van der Waals surface area contributed by atoms with E-state index in [4.69, 9.17) is 17.3 Å². The molecule has 3 rings (SSSR count). The second-order valence-electron chi connectivity index (χ2n) is 5.89. The van der Waals surface area contributed by atoms with Crippen LogP contribution in [0.25, 0.3) is 10.6 Å². The molecule has 1 atom stereocenters. The Balaban J connectivity index is 0.00000144. The fourth-order valence-electron chi connectivity index (χ4n) is 2.47. The normalized spacial score (nSPS) is 15.6. The molecule has 24 heavy (non-hydrogen) atoms. The highest BCUT2D eigenvalue weighted by molar-refractivity contribution is 7.13. The number of amides is 1. The first-order valence-corrected chi connectivity index (χ1v) is 8.51. The maximum Gasteiger partial charge on any atom is 0.271 e. The number of hydrogen-bond donors (Lipinski definition) is 2. The predicted molar refractivity (Wildman–Crippen MR) is 105 cm³/mol. The molecule has 1 heterocycles. The summed E-state index contributed by atoms with van der Waals surface area (Å²) in [5.41, 5.74) is 6.90. The third-order valence-corrected chi connectivity index (χ3v) is 5.27. The molecule has 8 heteroatoms. The Kier molecular flexibility index (Phi) is 7.50. The standard InChI is InChI=1S/C16H18ClN3OS.2ClH/c1-16(9-18,11-4-5-11)20-14(21)13-8-22-15(19-13)10-2-6-12(17)7-3-10;;/h2-3,6-8,11H,4-5,9,18H2,1H3,(H,20,21);2*1H. The van der Waals surface area contributed by atoms with Crippen LogP contribution in [0.3, 0.4) is 0 Å². The van der Waals surface area contributed by atoms with Crippen LogP contribution in [0.4, 0.5) is 0 Å². The van der Waals surface area contributed by atoms with Crippen LogP contribution >= 0.6 is 47.8 Å². The van der Waals surface area contributed by atoms with Crippen molar-refractivity contribution in [3.05, 3.63) is 40.4 Å². The maximum absolute atomic E-state index is 12.4. The van der Waals surface area contributed by atoms with Crippen LogP contribution in [-0.4, -0.2) is 23.0 Å². The third-order valence-electron chi connectivity index (χ3n) is 4.13. The van der Waals surface area contributed by atoms with E-state index in [-0.39, 0.29) is 36.3 Å². The van der Waals surface area contributed by atoms with Gasteiger partial charge in [0.05, 0.1) is 5.54 Å². The van der Waals surface area contributed by atoms with Crippen molar-refractivity contribution < 1.29 is 4.79 Å². The molecule has 3 N–H and O–H groups in total. The highest BCUT2D eigenvalue weighted by atomic mass is 35.5. The molecule has 1 amide bonds. The van der Waals surface area contributed by atoms with Gasteiger partial charge in [-0.05, 0) is 37.8 Å². The number of nitrogens with two attached hydrogens (primary N) is 1. The molecule has 1 aromatic carbocycles. The van der Waals surface area contributed by atoms with Crippen molar-refractivity contribution in [3.8, 4) is 10.6 Å². The van der Waals surface area contributed by atoms with Crippen LogP contribution in [-0.2, 0) is 0 Å². The van der Waals surface area contributed by atoms with Crippen LogP contribution in [0.1, 0.15) is 30.3 Å². The summed E-state index contributed by atoms with van der Waals surface area (Å²) in [4.78, 5) is 16.8. The largest absolute Gasteiger partial charge is 0.344 e. The molecule has 1 aliphatic carbocycles. The molecule has 0 radical (unpaired) electrons. The number of carbonyl (C=O) groups is 1. The molecule has 1 aromatic heterocycles. The van der Waals surface area contributed by atoms with Crippen LogP contribution in [0, 0.1) is 5.92 Å². The summed E-state index contributed by atoms with van der Waals surface area (Å²) in [5, 5.41) is 6.33. The van der Waals surface area contributed by atoms with Gasteiger partial charge < -0.3 is 11.1 Å². The number of rotatable bonds is 5. The zero-order valence-electron chi connectivity index (χ0n) is 13.1. The Bertz CT molecular complexity index is 688. The van der Waals surface area contributed by atoms with Crippen molar-refractivity contribution in [3.63, 3.8) is 0 Å². The average Bonchev–Trinajstić information content (AvgIpc) is 3.26. The first-order valence-electron chi connectivity index (χ1n) is 7.26. The lowest BCUT2D eigenvalue weighted by Gasteiger charge is -2.29. The van der Waals surface area contributed by atoms with E-state index < -0.39 is 0 Å². The molecule has 0 spiro atoms. The fourth-order valence-corrected chi connectivity index (χ4v) is 3.40. The number of aromatic nitrogens is 1. The number of nitrogens with zero attached hydrogens (tertiary/aromatic N) is 1. The number of carbonyl (C=O) groups excluding carboxylic acids is 1. The van der Waals surface area contributed by atoms with E-state index in [9.17, 15) is 4.79 Å². The van der Waals surface area contributed by atoms with E-state index >= 15 is 0 Å². The van der Waals surface area contributed by atoms with Gasteiger partial charge >= 0.3 is 0 Å². The third kappa shape index (κ3) is 4.61. The zero-order valence-corrected chi connectivity index (χ0v) is 16.3. The lowest BCUT2D eigenvalue weighted by Crippen LogP contribution is -2.53. The topological polar surface area (TPSA) is 68.0 Å². The van der Waals surface area contributed by atoms with Crippen LogP contribution in [0.15, 0.2) is 29.6 Å². The first kappa shape index (κ1) is 21.2.